The van der Waals surface area contributed by atoms with Gasteiger partial charge in [0.05, 0.1) is 4.88 Å². The van der Waals surface area contributed by atoms with E-state index < -0.39 is 0 Å². The quantitative estimate of drug-likeness (QED) is 0.766. The minimum atomic E-state index is -0.186. The number of fused-ring (bicyclic) bond motifs is 1. The Morgan fingerprint density at radius 2 is 2.17 bits per heavy atom. The first kappa shape index (κ1) is 11.0. The molecule has 0 saturated heterocycles. The molecule has 5 heteroatoms. The molecule has 1 N–H and O–H groups in total. The van der Waals surface area contributed by atoms with E-state index in [1.54, 1.807) is 0 Å². The topological polar surface area (TPSA) is 55.1 Å². The summed E-state index contributed by atoms with van der Waals surface area (Å²) in [6, 6.07) is 9.53. The molecule has 0 saturated carbocycles. The van der Waals surface area contributed by atoms with Gasteiger partial charge in [-0.25, -0.2) is 0 Å². The molecule has 0 aliphatic rings. The first-order valence-electron chi connectivity index (χ1n) is 5.45. The molecule has 18 heavy (non-hydrogen) atoms. The van der Waals surface area contributed by atoms with Crippen LogP contribution in [0.4, 0.5) is 6.01 Å². The zero-order valence-electron chi connectivity index (χ0n) is 9.64. The number of amides is 1. The van der Waals surface area contributed by atoms with E-state index in [0.717, 1.165) is 11.1 Å². The Hall–Kier alpha value is -2.14. The molecule has 0 spiro atoms. The van der Waals surface area contributed by atoms with Gasteiger partial charge >= 0.3 is 6.01 Å². The molecule has 3 aromatic rings. The SMILES string of the molecule is Cc1ccsc1C(=O)Nc1nc2ccccc2o1. The molecule has 0 unspecified atom stereocenters. The van der Waals surface area contributed by atoms with E-state index in [0.29, 0.717) is 10.5 Å². The van der Waals surface area contributed by atoms with Crippen molar-refractivity contribution >= 4 is 34.4 Å². The largest absolute Gasteiger partial charge is 0.423 e. The van der Waals surface area contributed by atoms with E-state index in [1.807, 2.05) is 42.6 Å². The number of para-hydroxylation sites is 2. The third-order valence-electron chi connectivity index (χ3n) is 2.58. The average Bonchev–Trinajstić information content (AvgIpc) is 2.94. The Balaban J connectivity index is 1.88. The van der Waals surface area contributed by atoms with Crippen LogP contribution >= 0.6 is 11.3 Å². The van der Waals surface area contributed by atoms with Crippen molar-refractivity contribution in [3.8, 4) is 0 Å². The molecule has 0 bridgehead atoms. The highest BCUT2D eigenvalue weighted by atomic mass is 32.1. The second-order valence-corrected chi connectivity index (χ2v) is 4.79. The highest BCUT2D eigenvalue weighted by molar-refractivity contribution is 7.12. The van der Waals surface area contributed by atoms with E-state index in [1.165, 1.54) is 11.3 Å². The van der Waals surface area contributed by atoms with Crippen LogP contribution in [-0.4, -0.2) is 10.9 Å². The molecule has 90 valence electrons. The maximum absolute atomic E-state index is 12.0. The van der Waals surface area contributed by atoms with Gasteiger partial charge in [0.15, 0.2) is 5.58 Å². The number of nitrogens with one attached hydrogen (secondary N) is 1. The van der Waals surface area contributed by atoms with E-state index in [4.69, 9.17) is 4.42 Å². The van der Waals surface area contributed by atoms with Crippen molar-refractivity contribution in [3.05, 3.63) is 46.2 Å². The van der Waals surface area contributed by atoms with E-state index >= 15 is 0 Å². The molecule has 2 aromatic heterocycles. The van der Waals surface area contributed by atoms with Crippen molar-refractivity contribution in [1.82, 2.24) is 4.98 Å². The van der Waals surface area contributed by atoms with Gasteiger partial charge in [-0.3, -0.25) is 10.1 Å². The normalized spacial score (nSPS) is 10.7. The van der Waals surface area contributed by atoms with Crippen molar-refractivity contribution in [2.75, 3.05) is 5.32 Å². The molecule has 0 aliphatic heterocycles. The Bertz CT molecular complexity index is 681. The van der Waals surface area contributed by atoms with Gasteiger partial charge in [-0.15, -0.1) is 11.3 Å². The van der Waals surface area contributed by atoms with Crippen LogP contribution < -0.4 is 5.32 Å². The molecular formula is C13H10N2O2S. The van der Waals surface area contributed by atoms with Gasteiger partial charge in [0.2, 0.25) is 0 Å². The lowest BCUT2D eigenvalue weighted by Crippen LogP contribution is -2.11. The van der Waals surface area contributed by atoms with Gasteiger partial charge in [-0.1, -0.05) is 12.1 Å². The highest BCUT2D eigenvalue weighted by Gasteiger charge is 2.13. The number of rotatable bonds is 2. The molecule has 1 amide bonds. The summed E-state index contributed by atoms with van der Waals surface area (Å²) in [5.41, 5.74) is 2.35. The Kier molecular flexibility index (Phi) is 2.60. The minimum Gasteiger partial charge on any atom is -0.423 e. The van der Waals surface area contributed by atoms with E-state index in [9.17, 15) is 4.79 Å². The molecule has 1 aromatic carbocycles. The van der Waals surface area contributed by atoms with Gasteiger partial charge in [-0.2, -0.15) is 4.98 Å². The lowest BCUT2D eigenvalue weighted by atomic mass is 10.3. The summed E-state index contributed by atoms with van der Waals surface area (Å²) in [7, 11) is 0. The van der Waals surface area contributed by atoms with Gasteiger partial charge in [-0.05, 0) is 36.1 Å². The van der Waals surface area contributed by atoms with Crippen LogP contribution in [0.15, 0.2) is 40.1 Å². The zero-order valence-corrected chi connectivity index (χ0v) is 10.5. The number of carbonyl (C=O) groups is 1. The van der Waals surface area contributed by atoms with Gasteiger partial charge < -0.3 is 4.42 Å². The Morgan fingerprint density at radius 3 is 2.89 bits per heavy atom. The number of carbonyl (C=O) groups excluding carboxylic acids is 1. The highest BCUT2D eigenvalue weighted by Crippen LogP contribution is 2.21. The first-order valence-corrected chi connectivity index (χ1v) is 6.33. The van der Waals surface area contributed by atoms with Crippen LogP contribution in [0.1, 0.15) is 15.2 Å². The molecule has 4 nitrogen and oxygen atoms in total. The summed E-state index contributed by atoms with van der Waals surface area (Å²) in [5, 5.41) is 4.55. The van der Waals surface area contributed by atoms with Crippen LogP contribution in [0.2, 0.25) is 0 Å². The van der Waals surface area contributed by atoms with Crippen molar-refractivity contribution in [3.63, 3.8) is 0 Å². The summed E-state index contributed by atoms with van der Waals surface area (Å²) >= 11 is 1.40. The second kappa shape index (κ2) is 4.27. The number of nitrogens with zero attached hydrogens (tertiary/aromatic N) is 1. The third-order valence-corrected chi connectivity index (χ3v) is 3.60. The van der Waals surface area contributed by atoms with Crippen molar-refractivity contribution < 1.29 is 9.21 Å². The molecule has 0 atom stereocenters. The lowest BCUT2D eigenvalue weighted by molar-refractivity contribution is 0.102. The third kappa shape index (κ3) is 1.89. The summed E-state index contributed by atoms with van der Waals surface area (Å²) in [4.78, 5) is 16.8. The molecule has 0 fully saturated rings. The zero-order chi connectivity index (χ0) is 12.5. The lowest BCUT2D eigenvalue weighted by Gasteiger charge is -1.98. The fraction of sp³-hybridized carbons (Fsp3) is 0.0769. The standard InChI is InChI=1S/C13H10N2O2S/c1-8-6-7-18-11(8)12(16)15-13-14-9-4-2-3-5-10(9)17-13/h2-7H,1H3,(H,14,15,16). The molecular weight excluding hydrogens is 248 g/mol. The fourth-order valence-electron chi connectivity index (χ4n) is 1.68. The maximum Gasteiger partial charge on any atom is 0.302 e. The predicted octanol–water partition coefficient (Wildman–Crippen LogP) is 3.45. The Morgan fingerprint density at radius 1 is 1.33 bits per heavy atom. The monoisotopic (exact) mass is 258 g/mol. The van der Waals surface area contributed by atoms with Crippen molar-refractivity contribution in [2.45, 2.75) is 6.92 Å². The summed E-state index contributed by atoms with van der Waals surface area (Å²) < 4.78 is 5.44. The summed E-state index contributed by atoms with van der Waals surface area (Å²) in [5.74, 6) is -0.186. The molecule has 0 radical (unpaired) electrons. The second-order valence-electron chi connectivity index (χ2n) is 3.87. The number of hydrogen-bond donors (Lipinski definition) is 1. The van der Waals surface area contributed by atoms with Gasteiger partial charge in [0.25, 0.3) is 5.91 Å². The number of benzene rings is 1. The minimum absolute atomic E-state index is 0.186. The van der Waals surface area contributed by atoms with E-state index in [2.05, 4.69) is 10.3 Å². The molecule has 2 heterocycles. The van der Waals surface area contributed by atoms with Crippen molar-refractivity contribution in [1.29, 1.82) is 0 Å². The maximum atomic E-state index is 12.0. The number of aromatic nitrogens is 1. The molecule has 3 rings (SSSR count). The first-order chi connectivity index (χ1) is 8.74. The van der Waals surface area contributed by atoms with Crippen LogP contribution in [-0.2, 0) is 0 Å². The number of oxazole rings is 1. The van der Waals surface area contributed by atoms with Gasteiger partial charge in [0.1, 0.15) is 5.52 Å². The predicted molar refractivity (Wildman–Crippen MR) is 71.0 cm³/mol. The van der Waals surface area contributed by atoms with Crippen LogP contribution in [0.3, 0.4) is 0 Å². The number of anilines is 1. The number of hydrogen-bond acceptors (Lipinski definition) is 4. The van der Waals surface area contributed by atoms with Crippen LogP contribution in [0.25, 0.3) is 11.1 Å². The van der Waals surface area contributed by atoms with Gasteiger partial charge in [0, 0.05) is 0 Å². The van der Waals surface area contributed by atoms with Crippen LogP contribution in [0, 0.1) is 6.92 Å². The summed E-state index contributed by atoms with van der Waals surface area (Å²) in [6.45, 7) is 1.90. The van der Waals surface area contributed by atoms with E-state index in [-0.39, 0.29) is 11.9 Å². The van der Waals surface area contributed by atoms with Crippen LogP contribution in [0.5, 0.6) is 0 Å². The fourth-order valence-corrected chi connectivity index (χ4v) is 2.51. The number of aryl methyl sites for hydroxylation is 1. The molecule has 0 aliphatic carbocycles. The number of thiophene rings is 1. The summed E-state index contributed by atoms with van der Waals surface area (Å²) in [6.07, 6.45) is 0. The Labute approximate surface area is 107 Å². The smallest absolute Gasteiger partial charge is 0.302 e. The van der Waals surface area contributed by atoms with Crippen molar-refractivity contribution in [2.24, 2.45) is 0 Å². The average molecular weight is 258 g/mol.